The minimum atomic E-state index is -0.213. The Hall–Kier alpha value is -0.760. The number of aliphatic hydroxyl groups is 1. The van der Waals surface area contributed by atoms with Crippen LogP contribution in [0.1, 0.15) is 51.9 Å². The highest BCUT2D eigenvalue weighted by Gasteiger charge is 2.19. The van der Waals surface area contributed by atoms with Gasteiger partial charge in [0.1, 0.15) is 0 Å². The van der Waals surface area contributed by atoms with E-state index in [0.29, 0.717) is 6.54 Å². The Kier molecular flexibility index (Phi) is 4.05. The van der Waals surface area contributed by atoms with E-state index in [1.165, 1.54) is 44.2 Å². The Morgan fingerprint density at radius 2 is 2.12 bits per heavy atom. The molecule has 2 rings (SSSR count). The molecule has 2 N–H and O–H groups in total. The second-order valence-electron chi connectivity index (χ2n) is 4.89. The molecule has 0 aliphatic heterocycles. The molecule has 0 amide bonds. The topological polar surface area (TPSA) is 32.3 Å². The molecule has 0 fully saturated rings. The van der Waals surface area contributed by atoms with E-state index in [9.17, 15) is 5.11 Å². The van der Waals surface area contributed by atoms with Gasteiger partial charge in [-0.2, -0.15) is 0 Å². The third-order valence-electron chi connectivity index (χ3n) is 3.70. The van der Waals surface area contributed by atoms with Crippen molar-refractivity contribution >= 4 is 0 Å². The molecular weight excluding hydrogens is 198 g/mol. The van der Waals surface area contributed by atoms with E-state index in [4.69, 9.17) is 0 Å². The van der Waals surface area contributed by atoms with E-state index in [2.05, 4.69) is 11.4 Å². The van der Waals surface area contributed by atoms with Crippen LogP contribution in [-0.4, -0.2) is 17.8 Å². The summed E-state index contributed by atoms with van der Waals surface area (Å²) in [6.07, 6.45) is 10.6. The van der Waals surface area contributed by atoms with Gasteiger partial charge >= 0.3 is 0 Å². The van der Waals surface area contributed by atoms with Gasteiger partial charge in [0.25, 0.3) is 0 Å². The van der Waals surface area contributed by atoms with Crippen molar-refractivity contribution in [1.29, 1.82) is 0 Å². The van der Waals surface area contributed by atoms with Crippen LogP contribution >= 0.6 is 0 Å². The fourth-order valence-electron chi connectivity index (χ4n) is 2.63. The van der Waals surface area contributed by atoms with Crippen LogP contribution < -0.4 is 5.32 Å². The summed E-state index contributed by atoms with van der Waals surface area (Å²) in [5.41, 5.74) is 4.54. The Bertz CT molecular complexity index is 304. The summed E-state index contributed by atoms with van der Waals surface area (Å²) < 4.78 is 0. The third-order valence-corrected chi connectivity index (χ3v) is 3.70. The van der Waals surface area contributed by atoms with Crippen molar-refractivity contribution in [3.8, 4) is 0 Å². The first-order valence-electron chi connectivity index (χ1n) is 6.64. The molecular formula is C14H23NO. The van der Waals surface area contributed by atoms with Gasteiger partial charge in [-0.3, -0.25) is 0 Å². The van der Waals surface area contributed by atoms with Crippen molar-refractivity contribution in [3.63, 3.8) is 0 Å². The summed E-state index contributed by atoms with van der Waals surface area (Å²) in [5.74, 6) is 0. The predicted octanol–water partition coefficient (Wildman–Crippen LogP) is 2.90. The van der Waals surface area contributed by atoms with E-state index in [1.807, 2.05) is 6.92 Å². The van der Waals surface area contributed by atoms with Crippen molar-refractivity contribution in [1.82, 2.24) is 5.32 Å². The van der Waals surface area contributed by atoms with Crippen LogP contribution in [-0.2, 0) is 0 Å². The molecule has 0 aromatic heterocycles. The molecule has 0 radical (unpaired) electrons. The first-order valence-corrected chi connectivity index (χ1v) is 6.64. The third kappa shape index (κ3) is 2.67. The second kappa shape index (κ2) is 5.53. The summed E-state index contributed by atoms with van der Waals surface area (Å²) in [6.45, 7) is 2.71. The first kappa shape index (κ1) is 11.7. The monoisotopic (exact) mass is 221 g/mol. The minimum Gasteiger partial charge on any atom is -0.391 e. The van der Waals surface area contributed by atoms with Gasteiger partial charge in [-0.1, -0.05) is 18.6 Å². The molecule has 0 heterocycles. The quantitative estimate of drug-likeness (QED) is 0.765. The number of aliphatic hydroxyl groups excluding tert-OH is 1. The number of nitrogens with one attached hydrogen (secondary N) is 1. The zero-order chi connectivity index (χ0) is 11.4. The van der Waals surface area contributed by atoms with E-state index in [1.54, 1.807) is 11.1 Å². The number of hydrogen-bond donors (Lipinski definition) is 2. The van der Waals surface area contributed by atoms with Gasteiger partial charge in [-0.15, -0.1) is 0 Å². The summed E-state index contributed by atoms with van der Waals surface area (Å²) in [6, 6.07) is 0. The van der Waals surface area contributed by atoms with Crippen molar-refractivity contribution < 1.29 is 5.11 Å². The smallest absolute Gasteiger partial charge is 0.0709 e. The molecule has 1 atom stereocenters. The number of allylic oxidation sites excluding steroid dienone is 3. The Morgan fingerprint density at radius 3 is 2.94 bits per heavy atom. The van der Waals surface area contributed by atoms with Gasteiger partial charge in [-0.05, 0) is 50.5 Å². The Labute approximate surface area is 98.4 Å². The van der Waals surface area contributed by atoms with Crippen molar-refractivity contribution in [2.45, 2.75) is 58.0 Å². The molecule has 2 nitrogen and oxygen atoms in total. The highest BCUT2D eigenvalue weighted by Crippen LogP contribution is 2.34. The average molecular weight is 221 g/mol. The van der Waals surface area contributed by atoms with Gasteiger partial charge in [0, 0.05) is 12.2 Å². The van der Waals surface area contributed by atoms with Crippen LogP contribution in [0, 0.1) is 0 Å². The summed E-state index contributed by atoms with van der Waals surface area (Å²) in [4.78, 5) is 0. The van der Waals surface area contributed by atoms with Gasteiger partial charge in [-0.25, -0.2) is 0 Å². The van der Waals surface area contributed by atoms with Gasteiger partial charge in [0.2, 0.25) is 0 Å². The highest BCUT2D eigenvalue weighted by atomic mass is 16.3. The molecule has 0 saturated carbocycles. The lowest BCUT2D eigenvalue weighted by atomic mass is 9.84. The molecule has 0 bridgehead atoms. The minimum absolute atomic E-state index is 0.213. The molecule has 90 valence electrons. The Balaban J connectivity index is 1.98. The standard InChI is InChI=1S/C14H23NO/c1-2-12(16)10-15-14-9-5-7-11-6-3-4-8-13(11)14/h9,12,15-16H,2-8,10H2,1H3. The first-order chi connectivity index (χ1) is 7.81. The van der Waals surface area contributed by atoms with E-state index in [0.717, 1.165) is 6.42 Å². The van der Waals surface area contributed by atoms with Crippen molar-refractivity contribution in [3.05, 3.63) is 22.9 Å². The van der Waals surface area contributed by atoms with Crippen molar-refractivity contribution in [2.24, 2.45) is 0 Å². The van der Waals surface area contributed by atoms with Crippen LogP contribution in [0.25, 0.3) is 0 Å². The van der Waals surface area contributed by atoms with Gasteiger partial charge in [0.15, 0.2) is 0 Å². The van der Waals surface area contributed by atoms with Crippen LogP contribution in [0.4, 0.5) is 0 Å². The lowest BCUT2D eigenvalue weighted by molar-refractivity contribution is 0.171. The fraction of sp³-hybridized carbons (Fsp3) is 0.714. The summed E-state index contributed by atoms with van der Waals surface area (Å²) >= 11 is 0. The van der Waals surface area contributed by atoms with Gasteiger partial charge in [0.05, 0.1) is 6.10 Å². The Morgan fingerprint density at radius 1 is 1.31 bits per heavy atom. The van der Waals surface area contributed by atoms with Crippen LogP contribution in [0.15, 0.2) is 22.9 Å². The maximum atomic E-state index is 9.58. The van der Waals surface area contributed by atoms with Crippen LogP contribution in [0.5, 0.6) is 0 Å². The molecule has 2 aliphatic rings. The zero-order valence-electron chi connectivity index (χ0n) is 10.3. The molecule has 0 spiro atoms. The number of rotatable bonds is 4. The molecule has 2 heteroatoms. The molecule has 0 aromatic rings. The lowest BCUT2D eigenvalue weighted by Gasteiger charge is -2.27. The average Bonchev–Trinajstić information content (AvgIpc) is 2.35. The highest BCUT2D eigenvalue weighted by molar-refractivity contribution is 5.38. The molecule has 16 heavy (non-hydrogen) atoms. The van der Waals surface area contributed by atoms with E-state index in [-0.39, 0.29) is 6.10 Å². The fourth-order valence-corrected chi connectivity index (χ4v) is 2.63. The predicted molar refractivity (Wildman–Crippen MR) is 67.1 cm³/mol. The molecule has 1 unspecified atom stereocenters. The largest absolute Gasteiger partial charge is 0.391 e. The molecule has 0 aromatic carbocycles. The summed E-state index contributed by atoms with van der Waals surface area (Å²) in [5, 5.41) is 13.0. The summed E-state index contributed by atoms with van der Waals surface area (Å²) in [7, 11) is 0. The van der Waals surface area contributed by atoms with Crippen LogP contribution in [0.3, 0.4) is 0 Å². The SMILES string of the molecule is CCC(O)CNC1=CCCC2=C1CCCC2. The number of hydrogen-bond acceptors (Lipinski definition) is 2. The second-order valence-corrected chi connectivity index (χ2v) is 4.89. The maximum Gasteiger partial charge on any atom is 0.0709 e. The van der Waals surface area contributed by atoms with Crippen LogP contribution in [0.2, 0.25) is 0 Å². The van der Waals surface area contributed by atoms with E-state index >= 15 is 0 Å². The molecule has 0 saturated heterocycles. The maximum absolute atomic E-state index is 9.58. The van der Waals surface area contributed by atoms with Gasteiger partial charge < -0.3 is 10.4 Å². The normalized spacial score (nSPS) is 22.5. The zero-order valence-corrected chi connectivity index (χ0v) is 10.3. The lowest BCUT2D eigenvalue weighted by Crippen LogP contribution is -2.28. The van der Waals surface area contributed by atoms with Crippen molar-refractivity contribution in [2.75, 3.05) is 6.54 Å². The molecule has 2 aliphatic carbocycles. The van der Waals surface area contributed by atoms with E-state index < -0.39 is 0 Å².